The predicted molar refractivity (Wildman–Crippen MR) is 83.6 cm³/mol. The molecule has 1 aliphatic carbocycles. The van der Waals surface area contributed by atoms with E-state index in [9.17, 15) is 0 Å². The molecule has 1 heterocycles. The van der Waals surface area contributed by atoms with E-state index in [1.807, 2.05) is 0 Å². The van der Waals surface area contributed by atoms with Crippen molar-refractivity contribution >= 4 is 0 Å². The van der Waals surface area contributed by atoms with Crippen LogP contribution >= 0.6 is 0 Å². The molecule has 20 heavy (non-hydrogen) atoms. The molecular weight excluding hydrogens is 248 g/mol. The van der Waals surface area contributed by atoms with Crippen LogP contribution in [-0.2, 0) is 19.5 Å². The van der Waals surface area contributed by atoms with Crippen molar-refractivity contribution < 1.29 is 0 Å². The van der Waals surface area contributed by atoms with E-state index >= 15 is 0 Å². The summed E-state index contributed by atoms with van der Waals surface area (Å²) >= 11 is 0. The molecular formula is C16H30N4. The Kier molecular flexibility index (Phi) is 5.61. The molecule has 0 bridgehead atoms. The molecule has 0 unspecified atom stereocenters. The monoisotopic (exact) mass is 278 g/mol. The lowest BCUT2D eigenvalue weighted by Gasteiger charge is -2.35. The summed E-state index contributed by atoms with van der Waals surface area (Å²) in [5.74, 6) is 0. The van der Waals surface area contributed by atoms with E-state index in [4.69, 9.17) is 5.73 Å². The Balaban J connectivity index is 2.04. The zero-order valence-electron chi connectivity index (χ0n) is 13.3. The Hall–Kier alpha value is -0.870. The summed E-state index contributed by atoms with van der Waals surface area (Å²) in [5, 5.41) is 4.66. The smallest absolute Gasteiger partial charge is 0.0625 e. The molecule has 4 nitrogen and oxygen atoms in total. The standard InChI is InChI=1S/C16H30N4/c1-4-14-11-16(20(6-3)18-14)12-19(5-2)15-9-7-13(17)8-10-15/h11,13,15H,4-10,12,17H2,1-3H3. The highest BCUT2D eigenvalue weighted by Crippen LogP contribution is 2.23. The van der Waals surface area contributed by atoms with Gasteiger partial charge in [0.25, 0.3) is 0 Å². The Morgan fingerprint density at radius 2 is 1.95 bits per heavy atom. The minimum atomic E-state index is 0.429. The van der Waals surface area contributed by atoms with E-state index in [1.54, 1.807) is 0 Å². The summed E-state index contributed by atoms with van der Waals surface area (Å²) in [7, 11) is 0. The Morgan fingerprint density at radius 3 is 2.50 bits per heavy atom. The Bertz CT molecular complexity index is 405. The number of hydrogen-bond donors (Lipinski definition) is 1. The van der Waals surface area contributed by atoms with E-state index in [-0.39, 0.29) is 0 Å². The largest absolute Gasteiger partial charge is 0.328 e. The topological polar surface area (TPSA) is 47.1 Å². The summed E-state index contributed by atoms with van der Waals surface area (Å²) in [6.45, 7) is 9.70. The second kappa shape index (κ2) is 7.23. The fourth-order valence-corrected chi connectivity index (χ4v) is 3.26. The van der Waals surface area contributed by atoms with Crippen molar-refractivity contribution in [3.8, 4) is 0 Å². The van der Waals surface area contributed by atoms with Gasteiger partial charge < -0.3 is 5.73 Å². The summed E-state index contributed by atoms with van der Waals surface area (Å²) in [5.41, 5.74) is 8.60. The lowest BCUT2D eigenvalue weighted by Crippen LogP contribution is -2.40. The molecule has 2 rings (SSSR count). The summed E-state index contributed by atoms with van der Waals surface area (Å²) < 4.78 is 2.16. The van der Waals surface area contributed by atoms with Crippen LogP contribution in [0.1, 0.15) is 57.8 Å². The Labute approximate surface area is 123 Å². The van der Waals surface area contributed by atoms with Gasteiger partial charge in [-0.15, -0.1) is 0 Å². The first kappa shape index (κ1) is 15.5. The van der Waals surface area contributed by atoms with E-state index < -0.39 is 0 Å². The van der Waals surface area contributed by atoms with Crippen LogP contribution in [0.5, 0.6) is 0 Å². The van der Waals surface area contributed by atoms with Gasteiger partial charge in [-0.2, -0.15) is 5.10 Å². The molecule has 0 amide bonds. The molecule has 0 aromatic carbocycles. The molecule has 0 atom stereocenters. The summed E-state index contributed by atoms with van der Waals surface area (Å²) in [6.07, 6.45) is 5.86. The molecule has 4 heteroatoms. The third-order valence-corrected chi connectivity index (χ3v) is 4.60. The van der Waals surface area contributed by atoms with Gasteiger partial charge in [-0.1, -0.05) is 13.8 Å². The number of rotatable bonds is 6. The van der Waals surface area contributed by atoms with E-state index in [2.05, 4.69) is 41.5 Å². The van der Waals surface area contributed by atoms with E-state index in [1.165, 1.54) is 37.1 Å². The maximum Gasteiger partial charge on any atom is 0.0625 e. The summed E-state index contributed by atoms with van der Waals surface area (Å²) in [4.78, 5) is 2.61. The molecule has 1 aromatic rings. The van der Waals surface area contributed by atoms with Gasteiger partial charge in [0.15, 0.2) is 0 Å². The predicted octanol–water partition coefficient (Wildman–Crippen LogP) is 2.56. The second-order valence-corrected chi connectivity index (χ2v) is 5.93. The van der Waals surface area contributed by atoms with E-state index in [0.717, 1.165) is 26.1 Å². The van der Waals surface area contributed by atoms with Crippen molar-refractivity contribution in [1.29, 1.82) is 0 Å². The maximum atomic E-state index is 6.03. The molecule has 1 fully saturated rings. The van der Waals surface area contributed by atoms with Crippen molar-refractivity contribution in [2.75, 3.05) is 6.54 Å². The zero-order chi connectivity index (χ0) is 14.5. The first-order valence-corrected chi connectivity index (χ1v) is 8.23. The fraction of sp³-hybridized carbons (Fsp3) is 0.812. The van der Waals surface area contributed by atoms with Crippen LogP contribution < -0.4 is 5.73 Å². The number of aromatic nitrogens is 2. The number of nitrogens with two attached hydrogens (primary N) is 1. The van der Waals surface area contributed by atoms with Gasteiger partial charge in [-0.25, -0.2) is 0 Å². The highest BCUT2D eigenvalue weighted by molar-refractivity contribution is 5.10. The minimum Gasteiger partial charge on any atom is -0.328 e. The normalized spacial score (nSPS) is 23.4. The van der Waals surface area contributed by atoms with Crippen molar-refractivity contribution in [3.63, 3.8) is 0 Å². The van der Waals surface area contributed by atoms with Crippen LogP contribution in [0.3, 0.4) is 0 Å². The van der Waals surface area contributed by atoms with Crippen LogP contribution in [-0.4, -0.2) is 33.3 Å². The quantitative estimate of drug-likeness (QED) is 0.870. The maximum absolute atomic E-state index is 6.03. The van der Waals surface area contributed by atoms with Gasteiger partial charge in [0.05, 0.1) is 11.4 Å². The number of aryl methyl sites for hydroxylation is 2. The molecule has 0 saturated heterocycles. The lowest BCUT2D eigenvalue weighted by atomic mass is 9.90. The first-order chi connectivity index (χ1) is 9.67. The van der Waals surface area contributed by atoms with Crippen LogP contribution in [0, 0.1) is 0 Å². The van der Waals surface area contributed by atoms with Crippen LogP contribution in [0.4, 0.5) is 0 Å². The van der Waals surface area contributed by atoms with Crippen LogP contribution in [0.2, 0.25) is 0 Å². The third kappa shape index (κ3) is 3.61. The molecule has 1 saturated carbocycles. The average Bonchev–Trinajstić information content (AvgIpc) is 2.88. The number of hydrogen-bond acceptors (Lipinski definition) is 3. The van der Waals surface area contributed by atoms with Crippen molar-refractivity contribution in [3.05, 3.63) is 17.5 Å². The van der Waals surface area contributed by atoms with Crippen LogP contribution in [0.15, 0.2) is 6.07 Å². The fourth-order valence-electron chi connectivity index (χ4n) is 3.26. The average molecular weight is 278 g/mol. The highest BCUT2D eigenvalue weighted by atomic mass is 15.3. The van der Waals surface area contributed by atoms with Gasteiger partial charge >= 0.3 is 0 Å². The SMILES string of the molecule is CCc1cc(CN(CC)C2CCC(N)CC2)n(CC)n1. The molecule has 1 aliphatic rings. The van der Waals surface area contributed by atoms with Gasteiger partial charge in [0.1, 0.15) is 0 Å². The van der Waals surface area contributed by atoms with E-state index in [0.29, 0.717) is 12.1 Å². The summed E-state index contributed by atoms with van der Waals surface area (Å²) in [6, 6.07) is 3.41. The van der Waals surface area contributed by atoms with Gasteiger partial charge in [0.2, 0.25) is 0 Å². The zero-order valence-corrected chi connectivity index (χ0v) is 13.3. The van der Waals surface area contributed by atoms with Crippen molar-refractivity contribution in [2.45, 2.75) is 78.0 Å². The minimum absolute atomic E-state index is 0.429. The molecule has 0 spiro atoms. The molecule has 2 N–H and O–H groups in total. The first-order valence-electron chi connectivity index (χ1n) is 8.23. The third-order valence-electron chi connectivity index (χ3n) is 4.60. The van der Waals surface area contributed by atoms with Gasteiger partial charge in [-0.05, 0) is 51.6 Å². The van der Waals surface area contributed by atoms with Gasteiger partial charge in [-0.3, -0.25) is 9.58 Å². The van der Waals surface area contributed by atoms with Crippen molar-refractivity contribution in [1.82, 2.24) is 14.7 Å². The van der Waals surface area contributed by atoms with Gasteiger partial charge in [0, 0.05) is 25.2 Å². The molecule has 0 radical (unpaired) electrons. The lowest BCUT2D eigenvalue weighted by molar-refractivity contribution is 0.145. The van der Waals surface area contributed by atoms with Crippen molar-refractivity contribution in [2.24, 2.45) is 5.73 Å². The molecule has 0 aliphatic heterocycles. The second-order valence-electron chi connectivity index (χ2n) is 5.93. The molecule has 114 valence electrons. The Morgan fingerprint density at radius 1 is 1.25 bits per heavy atom. The molecule has 1 aromatic heterocycles. The highest BCUT2D eigenvalue weighted by Gasteiger charge is 2.24. The number of nitrogens with zero attached hydrogens (tertiary/aromatic N) is 3. The van der Waals surface area contributed by atoms with Crippen LogP contribution in [0.25, 0.3) is 0 Å².